The van der Waals surface area contributed by atoms with Gasteiger partial charge in [-0.3, -0.25) is 4.79 Å². The number of fused-ring (bicyclic) bond motifs is 1. The maximum absolute atomic E-state index is 13.9. The average molecular weight is 408 g/mol. The van der Waals surface area contributed by atoms with Gasteiger partial charge in [0, 0.05) is 26.3 Å². The Balaban J connectivity index is 1.34. The molecule has 5 rings (SSSR count). The molecule has 1 saturated carbocycles. The highest BCUT2D eigenvalue weighted by Gasteiger charge is 2.49. The maximum Gasteiger partial charge on any atom is 0.233 e. The molecule has 3 aliphatic rings. The van der Waals surface area contributed by atoms with Gasteiger partial charge in [0.2, 0.25) is 5.91 Å². The summed E-state index contributed by atoms with van der Waals surface area (Å²) in [5.41, 5.74) is 1.76. The average Bonchev–Trinajstić information content (AvgIpc) is 3.36. The van der Waals surface area contributed by atoms with Crippen LogP contribution < -0.4 is 0 Å². The standard InChI is InChI=1S/C26H30FNO2/c27-23-8-4-5-19(16-23)15-20-9-10-21-17-28(18-24(20)21)25(29)26(11-13-30-14-12-26)22-6-2-1-3-7-22/h1-8,16,20-21,24H,9-15,17-18H2/t20-,21-,24-/m1/s1. The molecule has 3 atom stereocenters. The maximum atomic E-state index is 13.9. The van der Waals surface area contributed by atoms with Gasteiger partial charge in [0.25, 0.3) is 0 Å². The van der Waals surface area contributed by atoms with Crippen LogP contribution in [0.2, 0.25) is 0 Å². The van der Waals surface area contributed by atoms with Gasteiger partial charge in [-0.25, -0.2) is 4.39 Å². The lowest BCUT2D eigenvalue weighted by molar-refractivity contribution is -0.140. The minimum atomic E-state index is -0.448. The number of halogens is 1. The normalized spacial score (nSPS) is 27.8. The molecular formula is C26H30FNO2. The first-order chi connectivity index (χ1) is 14.7. The Morgan fingerprint density at radius 3 is 2.60 bits per heavy atom. The summed E-state index contributed by atoms with van der Waals surface area (Å²) in [4.78, 5) is 16.0. The first-order valence-corrected chi connectivity index (χ1v) is 11.3. The van der Waals surface area contributed by atoms with E-state index in [1.807, 2.05) is 24.3 Å². The first kappa shape index (κ1) is 19.7. The van der Waals surface area contributed by atoms with E-state index in [1.165, 1.54) is 18.9 Å². The highest BCUT2D eigenvalue weighted by Crippen LogP contribution is 2.46. The number of hydrogen-bond acceptors (Lipinski definition) is 2. The molecular weight excluding hydrogens is 377 g/mol. The van der Waals surface area contributed by atoms with E-state index in [0.717, 1.165) is 43.5 Å². The van der Waals surface area contributed by atoms with Crippen molar-refractivity contribution < 1.29 is 13.9 Å². The molecule has 2 aliphatic heterocycles. The van der Waals surface area contributed by atoms with Crippen molar-refractivity contribution in [3.8, 4) is 0 Å². The molecule has 2 saturated heterocycles. The Labute approximate surface area is 178 Å². The van der Waals surface area contributed by atoms with E-state index >= 15 is 0 Å². The molecule has 2 aromatic rings. The van der Waals surface area contributed by atoms with Crippen molar-refractivity contribution in [2.24, 2.45) is 17.8 Å². The molecule has 0 aromatic heterocycles. The molecule has 2 aromatic carbocycles. The van der Waals surface area contributed by atoms with Crippen LogP contribution in [0.25, 0.3) is 0 Å². The van der Waals surface area contributed by atoms with Crippen LogP contribution in [0.3, 0.4) is 0 Å². The van der Waals surface area contributed by atoms with Crippen molar-refractivity contribution in [2.75, 3.05) is 26.3 Å². The number of carbonyl (C=O) groups excluding carboxylic acids is 1. The Kier molecular flexibility index (Phi) is 5.36. The third-order valence-corrected chi connectivity index (χ3v) is 7.76. The van der Waals surface area contributed by atoms with Gasteiger partial charge >= 0.3 is 0 Å². The van der Waals surface area contributed by atoms with Crippen LogP contribution in [0.15, 0.2) is 54.6 Å². The quantitative estimate of drug-likeness (QED) is 0.741. The Hall–Kier alpha value is -2.20. The van der Waals surface area contributed by atoms with Crippen molar-refractivity contribution in [3.05, 3.63) is 71.5 Å². The van der Waals surface area contributed by atoms with Crippen LogP contribution in [0.4, 0.5) is 4.39 Å². The van der Waals surface area contributed by atoms with E-state index in [9.17, 15) is 9.18 Å². The molecule has 0 radical (unpaired) electrons. The zero-order valence-electron chi connectivity index (χ0n) is 17.4. The van der Waals surface area contributed by atoms with Gasteiger partial charge < -0.3 is 9.64 Å². The lowest BCUT2D eigenvalue weighted by atomic mass is 9.73. The molecule has 4 heteroatoms. The van der Waals surface area contributed by atoms with Crippen molar-refractivity contribution in [1.29, 1.82) is 0 Å². The van der Waals surface area contributed by atoms with Crippen molar-refractivity contribution >= 4 is 5.91 Å². The van der Waals surface area contributed by atoms with Crippen molar-refractivity contribution in [1.82, 2.24) is 4.90 Å². The summed E-state index contributed by atoms with van der Waals surface area (Å²) in [6.45, 7) is 3.00. The molecule has 2 heterocycles. The van der Waals surface area contributed by atoms with E-state index in [2.05, 4.69) is 17.0 Å². The minimum Gasteiger partial charge on any atom is -0.381 e. The minimum absolute atomic E-state index is 0.158. The van der Waals surface area contributed by atoms with Crippen LogP contribution in [0.1, 0.15) is 36.8 Å². The molecule has 30 heavy (non-hydrogen) atoms. The topological polar surface area (TPSA) is 29.5 Å². The number of hydrogen-bond donors (Lipinski definition) is 0. The highest BCUT2D eigenvalue weighted by molar-refractivity contribution is 5.88. The summed E-state index contributed by atoms with van der Waals surface area (Å²) in [6.07, 6.45) is 4.79. The number of likely N-dealkylation sites (tertiary alicyclic amines) is 1. The summed E-state index contributed by atoms with van der Waals surface area (Å²) in [5, 5.41) is 0. The fourth-order valence-electron chi connectivity index (χ4n) is 6.17. The number of nitrogens with zero attached hydrogens (tertiary/aromatic N) is 1. The third kappa shape index (κ3) is 3.56. The molecule has 1 aliphatic carbocycles. The summed E-state index contributed by atoms with van der Waals surface area (Å²) >= 11 is 0. The van der Waals surface area contributed by atoms with Gasteiger partial charge in [0.15, 0.2) is 0 Å². The van der Waals surface area contributed by atoms with Crippen LogP contribution in [-0.4, -0.2) is 37.1 Å². The molecule has 158 valence electrons. The van der Waals surface area contributed by atoms with Crippen molar-refractivity contribution in [3.63, 3.8) is 0 Å². The molecule has 3 nitrogen and oxygen atoms in total. The molecule has 0 spiro atoms. The largest absolute Gasteiger partial charge is 0.381 e. The molecule has 0 unspecified atom stereocenters. The number of carbonyl (C=O) groups is 1. The second-order valence-corrected chi connectivity index (χ2v) is 9.37. The summed E-state index contributed by atoms with van der Waals surface area (Å²) in [5.74, 6) is 1.78. The molecule has 0 N–H and O–H groups in total. The van der Waals surface area contributed by atoms with Crippen molar-refractivity contribution in [2.45, 2.75) is 37.5 Å². The van der Waals surface area contributed by atoms with E-state index in [-0.39, 0.29) is 11.7 Å². The van der Waals surface area contributed by atoms with Crippen LogP contribution >= 0.6 is 0 Å². The summed E-state index contributed by atoms with van der Waals surface area (Å²) in [7, 11) is 0. The van der Waals surface area contributed by atoms with Gasteiger partial charge in [-0.15, -0.1) is 0 Å². The van der Waals surface area contributed by atoms with Crippen LogP contribution in [0, 0.1) is 23.6 Å². The van der Waals surface area contributed by atoms with Crippen LogP contribution in [-0.2, 0) is 21.4 Å². The predicted molar refractivity (Wildman–Crippen MR) is 115 cm³/mol. The number of amides is 1. The van der Waals surface area contributed by atoms with E-state index in [0.29, 0.717) is 31.0 Å². The molecule has 1 amide bonds. The Morgan fingerprint density at radius 1 is 1.03 bits per heavy atom. The second-order valence-electron chi connectivity index (χ2n) is 9.37. The smallest absolute Gasteiger partial charge is 0.233 e. The molecule has 0 bridgehead atoms. The number of ether oxygens (including phenoxy) is 1. The number of benzene rings is 2. The van der Waals surface area contributed by atoms with Gasteiger partial charge in [-0.05, 0) is 73.1 Å². The number of rotatable bonds is 4. The lowest BCUT2D eigenvalue weighted by Gasteiger charge is -2.39. The Bertz CT molecular complexity index is 893. The van der Waals surface area contributed by atoms with Gasteiger partial charge in [-0.1, -0.05) is 42.5 Å². The zero-order chi connectivity index (χ0) is 20.6. The fourth-order valence-corrected chi connectivity index (χ4v) is 6.17. The van der Waals surface area contributed by atoms with Gasteiger partial charge in [-0.2, -0.15) is 0 Å². The van der Waals surface area contributed by atoms with E-state index < -0.39 is 5.41 Å². The second kappa shape index (κ2) is 8.14. The van der Waals surface area contributed by atoms with Gasteiger partial charge in [0.05, 0.1) is 5.41 Å². The van der Waals surface area contributed by atoms with E-state index in [1.54, 1.807) is 12.1 Å². The lowest BCUT2D eigenvalue weighted by Crippen LogP contribution is -2.49. The molecule has 3 fully saturated rings. The SMILES string of the molecule is O=C(N1C[C@H]2CC[C@H](Cc3cccc(F)c3)[C@H]2C1)C1(c2ccccc2)CCOCC1. The monoisotopic (exact) mass is 407 g/mol. The van der Waals surface area contributed by atoms with Gasteiger partial charge in [0.1, 0.15) is 5.82 Å². The summed E-state index contributed by atoms with van der Waals surface area (Å²) < 4.78 is 19.2. The highest BCUT2D eigenvalue weighted by atomic mass is 19.1. The fraction of sp³-hybridized carbons (Fsp3) is 0.500. The van der Waals surface area contributed by atoms with Crippen LogP contribution in [0.5, 0.6) is 0 Å². The Morgan fingerprint density at radius 2 is 1.83 bits per heavy atom. The van der Waals surface area contributed by atoms with E-state index in [4.69, 9.17) is 4.74 Å². The third-order valence-electron chi connectivity index (χ3n) is 7.76. The summed E-state index contributed by atoms with van der Waals surface area (Å²) in [6, 6.07) is 17.3. The first-order valence-electron chi connectivity index (χ1n) is 11.3. The zero-order valence-corrected chi connectivity index (χ0v) is 17.4. The predicted octanol–water partition coefficient (Wildman–Crippen LogP) is 4.60.